The number of likely N-dealkylation sites (N-methyl/N-ethyl adjacent to an activating group) is 1. The van der Waals surface area contributed by atoms with E-state index in [0.29, 0.717) is 32.6 Å². The summed E-state index contributed by atoms with van der Waals surface area (Å²) < 4.78 is 1.95. The molecule has 20 heavy (non-hydrogen) atoms. The minimum atomic E-state index is -0.312. The first-order chi connectivity index (χ1) is 9.61. The third-order valence-electron chi connectivity index (χ3n) is 3.58. The van der Waals surface area contributed by atoms with Gasteiger partial charge in [0.25, 0.3) is 0 Å². The van der Waals surface area contributed by atoms with Crippen LogP contribution in [0.15, 0.2) is 12.4 Å². The minimum absolute atomic E-state index is 0.0760. The van der Waals surface area contributed by atoms with Gasteiger partial charge in [-0.15, -0.1) is 0 Å². The fraction of sp³-hybridized carbons (Fsp3) is 0.615. The van der Waals surface area contributed by atoms with Crippen LogP contribution in [-0.4, -0.2) is 59.0 Å². The van der Waals surface area contributed by atoms with Crippen molar-refractivity contribution in [1.29, 1.82) is 0 Å². The molecule has 0 unspecified atom stereocenters. The molecule has 7 nitrogen and oxygen atoms in total. The van der Waals surface area contributed by atoms with Crippen molar-refractivity contribution in [3.05, 3.63) is 18.2 Å². The summed E-state index contributed by atoms with van der Waals surface area (Å²) in [6, 6.07) is -0.312. The first kappa shape index (κ1) is 14.5. The van der Waals surface area contributed by atoms with Gasteiger partial charge in [-0.25, -0.2) is 4.98 Å². The Labute approximate surface area is 118 Å². The number of aromatic nitrogens is 2. The van der Waals surface area contributed by atoms with Crippen LogP contribution in [0.3, 0.4) is 0 Å². The number of hydrogen-bond donors (Lipinski definition) is 2. The van der Waals surface area contributed by atoms with Gasteiger partial charge in [-0.3, -0.25) is 9.59 Å². The Bertz CT molecular complexity index is 485. The molecule has 110 valence electrons. The van der Waals surface area contributed by atoms with E-state index in [0.717, 1.165) is 5.82 Å². The maximum absolute atomic E-state index is 12.2. The van der Waals surface area contributed by atoms with Gasteiger partial charge < -0.3 is 20.1 Å². The number of amides is 2. The molecular weight excluding hydrogens is 258 g/mol. The number of piperazine rings is 1. The maximum atomic E-state index is 12.2. The van der Waals surface area contributed by atoms with Gasteiger partial charge in [0.1, 0.15) is 11.9 Å². The lowest BCUT2D eigenvalue weighted by atomic mass is 10.2. The summed E-state index contributed by atoms with van der Waals surface area (Å²) in [4.78, 5) is 29.7. The number of imidazole rings is 1. The largest absolute Gasteiger partial charge is 0.358 e. The Balaban J connectivity index is 1.86. The predicted octanol–water partition coefficient (Wildman–Crippen LogP) is -0.872. The molecule has 1 fully saturated rings. The zero-order chi connectivity index (χ0) is 14.5. The van der Waals surface area contributed by atoms with Crippen molar-refractivity contribution < 1.29 is 9.59 Å². The summed E-state index contributed by atoms with van der Waals surface area (Å²) in [5.74, 6) is 0.905. The number of hydrogen-bond acceptors (Lipinski definition) is 4. The first-order valence-corrected chi connectivity index (χ1v) is 6.82. The Hall–Kier alpha value is -1.89. The molecular formula is C13H21N5O2. The minimum Gasteiger partial charge on any atom is -0.358 e. The molecule has 1 saturated heterocycles. The van der Waals surface area contributed by atoms with Crippen LogP contribution in [0.1, 0.15) is 12.2 Å². The van der Waals surface area contributed by atoms with Gasteiger partial charge in [0.2, 0.25) is 11.8 Å². The average molecular weight is 279 g/mol. The summed E-state index contributed by atoms with van der Waals surface area (Å²) in [5, 5.41) is 5.72. The van der Waals surface area contributed by atoms with Crippen molar-refractivity contribution in [2.45, 2.75) is 25.9 Å². The highest BCUT2D eigenvalue weighted by Crippen LogP contribution is 2.05. The van der Waals surface area contributed by atoms with Crippen LogP contribution in [0.2, 0.25) is 0 Å². The highest BCUT2D eigenvalue weighted by atomic mass is 16.2. The Morgan fingerprint density at radius 2 is 2.35 bits per heavy atom. The Morgan fingerprint density at radius 3 is 3.00 bits per heavy atom. The molecule has 1 aliphatic rings. The van der Waals surface area contributed by atoms with Gasteiger partial charge in [-0.05, 0) is 6.92 Å². The molecule has 2 rings (SSSR count). The summed E-state index contributed by atoms with van der Waals surface area (Å²) in [6.45, 7) is 4.26. The van der Waals surface area contributed by atoms with Crippen LogP contribution in [0.25, 0.3) is 0 Å². The molecule has 0 aromatic carbocycles. The van der Waals surface area contributed by atoms with Crippen molar-refractivity contribution in [2.24, 2.45) is 0 Å². The zero-order valence-electron chi connectivity index (χ0n) is 11.9. The average Bonchev–Trinajstić information content (AvgIpc) is 2.89. The standard InChI is InChI=1S/C13H21N5O2/c1-10-15-4-7-17(10)6-3-12(19)18-8-5-16-11(9-18)13(20)14-2/h4,7,11,16H,3,5-6,8-9H2,1-2H3,(H,14,20)/t11-/m0/s1. The summed E-state index contributed by atoms with van der Waals surface area (Å²) in [6.07, 6.45) is 4.03. The molecule has 0 bridgehead atoms. The molecule has 1 aliphatic heterocycles. The maximum Gasteiger partial charge on any atom is 0.238 e. The lowest BCUT2D eigenvalue weighted by Gasteiger charge is -2.32. The third kappa shape index (κ3) is 3.36. The number of rotatable bonds is 4. The summed E-state index contributed by atoms with van der Waals surface area (Å²) in [5.41, 5.74) is 0. The highest BCUT2D eigenvalue weighted by Gasteiger charge is 2.27. The number of carbonyl (C=O) groups is 2. The molecule has 0 radical (unpaired) electrons. The first-order valence-electron chi connectivity index (χ1n) is 6.82. The molecule has 0 aliphatic carbocycles. The fourth-order valence-corrected chi connectivity index (χ4v) is 2.34. The fourth-order valence-electron chi connectivity index (χ4n) is 2.34. The van der Waals surface area contributed by atoms with E-state index >= 15 is 0 Å². The smallest absolute Gasteiger partial charge is 0.238 e. The number of aryl methyl sites for hydroxylation is 2. The molecule has 0 spiro atoms. The quantitative estimate of drug-likeness (QED) is 0.751. The van der Waals surface area contributed by atoms with Gasteiger partial charge >= 0.3 is 0 Å². The second kappa shape index (κ2) is 6.51. The van der Waals surface area contributed by atoms with Gasteiger partial charge in [-0.1, -0.05) is 0 Å². The zero-order valence-corrected chi connectivity index (χ0v) is 11.9. The monoisotopic (exact) mass is 279 g/mol. The molecule has 0 saturated carbocycles. The Morgan fingerprint density at radius 1 is 1.55 bits per heavy atom. The topological polar surface area (TPSA) is 79.3 Å². The molecule has 7 heteroatoms. The molecule has 2 N–H and O–H groups in total. The lowest BCUT2D eigenvalue weighted by Crippen LogP contribution is -2.58. The lowest BCUT2D eigenvalue weighted by molar-refractivity contribution is -0.134. The van der Waals surface area contributed by atoms with Crippen LogP contribution < -0.4 is 10.6 Å². The number of nitrogens with zero attached hydrogens (tertiary/aromatic N) is 3. The van der Waals surface area contributed by atoms with E-state index in [1.165, 1.54) is 0 Å². The van der Waals surface area contributed by atoms with Crippen LogP contribution >= 0.6 is 0 Å². The van der Waals surface area contributed by atoms with Crippen molar-refractivity contribution in [3.63, 3.8) is 0 Å². The Kier molecular flexibility index (Phi) is 4.73. The van der Waals surface area contributed by atoms with Gasteiger partial charge in [0, 0.05) is 52.0 Å². The van der Waals surface area contributed by atoms with Crippen LogP contribution in [-0.2, 0) is 16.1 Å². The number of nitrogens with one attached hydrogen (secondary N) is 2. The predicted molar refractivity (Wildman–Crippen MR) is 74.0 cm³/mol. The van der Waals surface area contributed by atoms with Crippen molar-refractivity contribution in [1.82, 2.24) is 25.1 Å². The van der Waals surface area contributed by atoms with E-state index < -0.39 is 0 Å². The van der Waals surface area contributed by atoms with E-state index in [1.54, 1.807) is 18.1 Å². The van der Waals surface area contributed by atoms with Crippen molar-refractivity contribution in [2.75, 3.05) is 26.7 Å². The van der Waals surface area contributed by atoms with E-state index in [1.807, 2.05) is 17.7 Å². The summed E-state index contributed by atoms with van der Waals surface area (Å²) >= 11 is 0. The molecule has 2 amide bonds. The molecule has 1 aromatic heterocycles. The van der Waals surface area contributed by atoms with E-state index in [9.17, 15) is 9.59 Å². The van der Waals surface area contributed by atoms with Gasteiger partial charge in [0.05, 0.1) is 0 Å². The molecule has 1 aromatic rings. The van der Waals surface area contributed by atoms with Gasteiger partial charge in [0.15, 0.2) is 0 Å². The second-order valence-corrected chi connectivity index (χ2v) is 4.88. The molecule has 1 atom stereocenters. The second-order valence-electron chi connectivity index (χ2n) is 4.88. The van der Waals surface area contributed by atoms with E-state index in [-0.39, 0.29) is 17.9 Å². The van der Waals surface area contributed by atoms with Gasteiger partial charge in [-0.2, -0.15) is 0 Å². The molecule has 2 heterocycles. The van der Waals surface area contributed by atoms with Crippen molar-refractivity contribution >= 4 is 11.8 Å². The normalized spacial score (nSPS) is 18.9. The van der Waals surface area contributed by atoms with Crippen LogP contribution in [0.5, 0.6) is 0 Å². The van der Waals surface area contributed by atoms with Crippen LogP contribution in [0, 0.1) is 6.92 Å². The SMILES string of the molecule is CNC(=O)[C@@H]1CN(C(=O)CCn2ccnc2C)CCN1. The van der Waals surface area contributed by atoms with E-state index in [2.05, 4.69) is 15.6 Å². The van der Waals surface area contributed by atoms with E-state index in [4.69, 9.17) is 0 Å². The number of carbonyl (C=O) groups excluding carboxylic acids is 2. The summed E-state index contributed by atoms with van der Waals surface area (Å²) in [7, 11) is 1.60. The van der Waals surface area contributed by atoms with Crippen molar-refractivity contribution in [3.8, 4) is 0 Å². The van der Waals surface area contributed by atoms with Crippen LogP contribution in [0.4, 0.5) is 0 Å². The third-order valence-corrected chi connectivity index (χ3v) is 3.58. The highest BCUT2D eigenvalue weighted by molar-refractivity contribution is 5.83.